The van der Waals surface area contributed by atoms with Crippen molar-refractivity contribution in [2.75, 3.05) is 13.2 Å². The standard InChI is InChI=1S/C17H23BrO4.C11H14BrNO2/c1-5-21-15(19)10-13(11-16(20)22-17(2,3)4)12-7-6-8-14(18)9-12;1-2-15-11(14)7-10(13)8-4-3-5-9(12)6-8/h6-9,13H,5,10-11H2,1-4H3;3-6,10H,2,7,13H2,1H3/t13-;10-/m10/s1. The van der Waals surface area contributed by atoms with Crippen LogP contribution < -0.4 is 5.73 Å². The van der Waals surface area contributed by atoms with Gasteiger partial charge in [-0.2, -0.15) is 0 Å². The molecule has 0 aromatic heterocycles. The number of benzene rings is 2. The van der Waals surface area contributed by atoms with Crippen molar-refractivity contribution in [2.45, 2.75) is 71.4 Å². The summed E-state index contributed by atoms with van der Waals surface area (Å²) in [5.41, 5.74) is 7.17. The van der Waals surface area contributed by atoms with Crippen molar-refractivity contribution in [3.05, 3.63) is 68.6 Å². The van der Waals surface area contributed by atoms with Gasteiger partial charge in [0.1, 0.15) is 5.60 Å². The number of ether oxygens (including phenoxy) is 3. The SMILES string of the molecule is CCOC(=O)C[C@H](CC(=O)OC(C)(C)C)c1cccc(Br)c1.CCOC(=O)C[C@H](N)c1cccc(Br)c1. The van der Waals surface area contributed by atoms with E-state index in [1.807, 2.05) is 69.3 Å². The molecule has 2 N–H and O–H groups in total. The highest BCUT2D eigenvalue weighted by atomic mass is 79.9. The summed E-state index contributed by atoms with van der Waals surface area (Å²) in [6, 6.07) is 14.9. The summed E-state index contributed by atoms with van der Waals surface area (Å²) in [6.45, 7) is 9.74. The molecule has 0 aliphatic carbocycles. The van der Waals surface area contributed by atoms with Crippen molar-refractivity contribution < 1.29 is 28.6 Å². The van der Waals surface area contributed by atoms with Gasteiger partial charge < -0.3 is 19.9 Å². The zero-order chi connectivity index (χ0) is 28.0. The summed E-state index contributed by atoms with van der Waals surface area (Å²) in [5.74, 6) is -1.14. The molecule has 0 radical (unpaired) electrons. The van der Waals surface area contributed by atoms with E-state index < -0.39 is 5.60 Å². The van der Waals surface area contributed by atoms with Gasteiger partial charge >= 0.3 is 17.9 Å². The normalized spacial score (nSPS) is 12.4. The summed E-state index contributed by atoms with van der Waals surface area (Å²) >= 11 is 6.77. The minimum Gasteiger partial charge on any atom is -0.466 e. The van der Waals surface area contributed by atoms with Gasteiger partial charge in [-0.1, -0.05) is 56.1 Å². The maximum atomic E-state index is 12.1. The highest BCUT2D eigenvalue weighted by molar-refractivity contribution is 9.10. The lowest BCUT2D eigenvalue weighted by Gasteiger charge is -2.22. The fraction of sp³-hybridized carbons (Fsp3) is 0.464. The maximum absolute atomic E-state index is 12.1. The van der Waals surface area contributed by atoms with E-state index in [0.29, 0.717) is 13.2 Å². The zero-order valence-corrected chi connectivity index (χ0v) is 25.3. The minimum absolute atomic E-state index is 0.145. The van der Waals surface area contributed by atoms with Gasteiger partial charge in [0.25, 0.3) is 0 Å². The highest BCUT2D eigenvalue weighted by Crippen LogP contribution is 2.28. The second kappa shape index (κ2) is 16.6. The molecular weight excluding hydrogens is 606 g/mol. The van der Waals surface area contributed by atoms with Crippen molar-refractivity contribution in [3.8, 4) is 0 Å². The molecule has 2 aromatic rings. The molecule has 9 heteroatoms. The molecule has 0 fully saturated rings. The van der Waals surface area contributed by atoms with Gasteiger partial charge in [0.15, 0.2) is 0 Å². The molecule has 2 aromatic carbocycles. The number of nitrogens with two attached hydrogens (primary N) is 1. The lowest BCUT2D eigenvalue weighted by molar-refractivity contribution is -0.155. The Kier molecular flexibility index (Phi) is 14.7. The zero-order valence-electron chi connectivity index (χ0n) is 22.1. The topological polar surface area (TPSA) is 105 Å². The van der Waals surface area contributed by atoms with Crippen molar-refractivity contribution in [2.24, 2.45) is 5.73 Å². The first-order valence-corrected chi connectivity index (χ1v) is 13.7. The number of hydrogen-bond donors (Lipinski definition) is 1. The Hall–Kier alpha value is -2.23. The van der Waals surface area contributed by atoms with Crippen LogP contribution in [0.2, 0.25) is 0 Å². The van der Waals surface area contributed by atoms with Crippen LogP contribution in [0.25, 0.3) is 0 Å². The molecule has 0 saturated carbocycles. The Labute approximate surface area is 236 Å². The van der Waals surface area contributed by atoms with Gasteiger partial charge in [0, 0.05) is 20.9 Å². The van der Waals surface area contributed by atoms with Crippen molar-refractivity contribution in [1.82, 2.24) is 0 Å². The minimum atomic E-state index is -0.539. The molecule has 0 aliphatic rings. The third-order valence-corrected chi connectivity index (χ3v) is 5.83. The van der Waals surface area contributed by atoms with E-state index in [1.165, 1.54) is 0 Å². The maximum Gasteiger partial charge on any atom is 0.307 e. The lowest BCUT2D eigenvalue weighted by Crippen LogP contribution is -2.25. The molecule has 0 spiro atoms. The molecule has 2 rings (SSSR count). The van der Waals surface area contributed by atoms with Crippen LogP contribution in [0.1, 0.15) is 77.0 Å². The van der Waals surface area contributed by atoms with E-state index in [2.05, 4.69) is 31.9 Å². The van der Waals surface area contributed by atoms with Crippen LogP contribution >= 0.6 is 31.9 Å². The molecule has 0 saturated heterocycles. The number of halogens is 2. The van der Waals surface area contributed by atoms with Gasteiger partial charge in [-0.15, -0.1) is 0 Å². The number of carbonyl (C=O) groups is 3. The molecule has 0 aliphatic heterocycles. The summed E-state index contributed by atoms with van der Waals surface area (Å²) < 4.78 is 17.1. The average Bonchev–Trinajstić information content (AvgIpc) is 2.78. The van der Waals surface area contributed by atoms with Gasteiger partial charge in [-0.25, -0.2) is 0 Å². The van der Waals surface area contributed by atoms with Crippen LogP contribution in [0, 0.1) is 0 Å². The number of rotatable bonds is 10. The van der Waals surface area contributed by atoms with Crippen LogP contribution in [0.15, 0.2) is 57.5 Å². The van der Waals surface area contributed by atoms with E-state index in [-0.39, 0.29) is 49.1 Å². The Morgan fingerprint density at radius 1 is 0.784 bits per heavy atom. The van der Waals surface area contributed by atoms with E-state index in [9.17, 15) is 14.4 Å². The van der Waals surface area contributed by atoms with Crippen molar-refractivity contribution in [3.63, 3.8) is 0 Å². The average molecular weight is 643 g/mol. The third kappa shape index (κ3) is 14.3. The Bertz CT molecular complexity index is 1020. The molecule has 0 amide bonds. The first-order chi connectivity index (χ1) is 17.3. The highest BCUT2D eigenvalue weighted by Gasteiger charge is 2.24. The number of esters is 3. The predicted octanol–water partition coefficient (Wildman–Crippen LogP) is 6.62. The summed E-state index contributed by atoms with van der Waals surface area (Å²) in [6.07, 6.45) is 0.514. The van der Waals surface area contributed by atoms with Gasteiger partial charge in [0.2, 0.25) is 0 Å². The molecule has 7 nitrogen and oxygen atoms in total. The lowest BCUT2D eigenvalue weighted by atomic mass is 9.92. The quantitative estimate of drug-likeness (QED) is 0.229. The molecule has 0 heterocycles. The monoisotopic (exact) mass is 641 g/mol. The fourth-order valence-electron chi connectivity index (χ4n) is 3.33. The molecule has 0 bridgehead atoms. The first kappa shape index (κ1) is 32.8. The molecular formula is C28H37Br2NO6. The van der Waals surface area contributed by atoms with E-state index in [0.717, 1.165) is 20.1 Å². The molecule has 37 heavy (non-hydrogen) atoms. The molecule has 204 valence electrons. The van der Waals surface area contributed by atoms with Crippen LogP contribution in [-0.2, 0) is 28.6 Å². The summed E-state index contributed by atoms with van der Waals surface area (Å²) in [4.78, 5) is 35.1. The smallest absolute Gasteiger partial charge is 0.307 e. The van der Waals surface area contributed by atoms with E-state index >= 15 is 0 Å². The second-order valence-corrected chi connectivity index (χ2v) is 11.1. The number of carbonyl (C=O) groups excluding carboxylic acids is 3. The third-order valence-electron chi connectivity index (χ3n) is 4.84. The van der Waals surface area contributed by atoms with E-state index in [1.54, 1.807) is 13.8 Å². The predicted molar refractivity (Wildman–Crippen MR) is 151 cm³/mol. The Balaban J connectivity index is 0.000000397. The van der Waals surface area contributed by atoms with Gasteiger partial charge in [-0.3, -0.25) is 14.4 Å². The molecule has 2 atom stereocenters. The van der Waals surface area contributed by atoms with Crippen molar-refractivity contribution in [1.29, 1.82) is 0 Å². The van der Waals surface area contributed by atoms with Crippen LogP contribution in [0.5, 0.6) is 0 Å². The van der Waals surface area contributed by atoms with Crippen molar-refractivity contribution >= 4 is 49.8 Å². The van der Waals surface area contributed by atoms with Crippen LogP contribution in [0.3, 0.4) is 0 Å². The van der Waals surface area contributed by atoms with E-state index in [4.69, 9.17) is 19.9 Å². The Morgan fingerprint density at radius 2 is 1.24 bits per heavy atom. The second-order valence-electron chi connectivity index (χ2n) is 9.22. The fourth-order valence-corrected chi connectivity index (χ4v) is 4.16. The Morgan fingerprint density at radius 3 is 1.73 bits per heavy atom. The van der Waals surface area contributed by atoms with Gasteiger partial charge in [-0.05, 0) is 70.0 Å². The molecule has 0 unspecified atom stereocenters. The largest absolute Gasteiger partial charge is 0.466 e. The number of hydrogen-bond acceptors (Lipinski definition) is 7. The summed E-state index contributed by atoms with van der Waals surface area (Å²) in [5, 5.41) is 0. The van der Waals surface area contributed by atoms with Gasteiger partial charge in [0.05, 0.1) is 32.5 Å². The summed E-state index contributed by atoms with van der Waals surface area (Å²) in [7, 11) is 0. The first-order valence-electron chi connectivity index (χ1n) is 12.1. The van der Waals surface area contributed by atoms with Crippen LogP contribution in [0.4, 0.5) is 0 Å². The van der Waals surface area contributed by atoms with Crippen LogP contribution in [-0.4, -0.2) is 36.7 Å².